The van der Waals surface area contributed by atoms with Crippen LogP contribution in [0.3, 0.4) is 0 Å². The highest BCUT2D eigenvalue weighted by Gasteiger charge is 2.18. The molecule has 0 heterocycles. The molecule has 0 fully saturated rings. The maximum absolute atomic E-state index is 11.1. The SMILES string of the molecule is CON(C)C(=O)[C@@H](C)NC(=O)O. The molecule has 0 rings (SSSR count). The Hall–Kier alpha value is -1.30. The Labute approximate surface area is 70.1 Å². The van der Waals surface area contributed by atoms with E-state index in [-0.39, 0.29) is 0 Å². The van der Waals surface area contributed by atoms with Gasteiger partial charge in [0.05, 0.1) is 7.11 Å². The highest BCUT2D eigenvalue weighted by Crippen LogP contribution is 1.90. The van der Waals surface area contributed by atoms with E-state index >= 15 is 0 Å². The number of nitrogens with one attached hydrogen (secondary N) is 1. The van der Waals surface area contributed by atoms with Gasteiger partial charge in [-0.2, -0.15) is 0 Å². The van der Waals surface area contributed by atoms with E-state index in [9.17, 15) is 9.59 Å². The molecule has 0 aromatic heterocycles. The van der Waals surface area contributed by atoms with Crippen molar-refractivity contribution < 1.29 is 19.5 Å². The molecule has 6 heteroatoms. The summed E-state index contributed by atoms with van der Waals surface area (Å²) in [5.74, 6) is -0.445. The van der Waals surface area contributed by atoms with Crippen LogP contribution in [0.2, 0.25) is 0 Å². The lowest BCUT2D eigenvalue weighted by atomic mass is 10.3. The predicted molar refractivity (Wildman–Crippen MR) is 40.4 cm³/mol. The summed E-state index contributed by atoms with van der Waals surface area (Å²) in [5, 5.41) is 11.2. The molecule has 0 saturated heterocycles. The lowest BCUT2D eigenvalue weighted by Gasteiger charge is -2.18. The van der Waals surface area contributed by atoms with Gasteiger partial charge in [-0.05, 0) is 6.92 Å². The zero-order chi connectivity index (χ0) is 9.72. The minimum Gasteiger partial charge on any atom is -0.465 e. The van der Waals surface area contributed by atoms with Crippen molar-refractivity contribution in [2.75, 3.05) is 14.2 Å². The molecule has 0 aliphatic heterocycles. The van der Waals surface area contributed by atoms with Gasteiger partial charge >= 0.3 is 6.09 Å². The van der Waals surface area contributed by atoms with Gasteiger partial charge in [-0.15, -0.1) is 0 Å². The van der Waals surface area contributed by atoms with Gasteiger partial charge in [0, 0.05) is 7.05 Å². The second-order valence-corrected chi connectivity index (χ2v) is 2.19. The standard InChI is InChI=1S/C6H12N2O4/c1-4(7-6(10)11)5(9)8(2)12-3/h4,7H,1-3H3,(H,10,11)/t4-/m1/s1. The normalized spacial score (nSPS) is 11.9. The molecule has 0 aliphatic rings. The van der Waals surface area contributed by atoms with Gasteiger partial charge in [0.15, 0.2) is 0 Å². The van der Waals surface area contributed by atoms with Crippen molar-refractivity contribution >= 4 is 12.0 Å². The number of hydroxylamine groups is 2. The van der Waals surface area contributed by atoms with Crippen LogP contribution in [0, 0.1) is 0 Å². The first kappa shape index (κ1) is 10.7. The van der Waals surface area contributed by atoms with Crippen LogP contribution in [0.5, 0.6) is 0 Å². The maximum atomic E-state index is 11.1. The van der Waals surface area contributed by atoms with Crippen LogP contribution < -0.4 is 5.32 Å². The van der Waals surface area contributed by atoms with Crippen LogP contribution in [0.4, 0.5) is 4.79 Å². The molecule has 0 saturated carbocycles. The van der Waals surface area contributed by atoms with E-state index in [0.29, 0.717) is 0 Å². The summed E-state index contributed by atoms with van der Waals surface area (Å²) in [6.45, 7) is 1.44. The molecule has 2 amide bonds. The van der Waals surface area contributed by atoms with Crippen molar-refractivity contribution in [3.05, 3.63) is 0 Å². The molecule has 0 radical (unpaired) electrons. The Bertz CT molecular complexity index is 182. The van der Waals surface area contributed by atoms with Crippen molar-refractivity contribution in [2.45, 2.75) is 13.0 Å². The Balaban J connectivity index is 4.01. The minimum absolute atomic E-state index is 0.445. The summed E-state index contributed by atoms with van der Waals surface area (Å²) in [5.41, 5.74) is 0. The highest BCUT2D eigenvalue weighted by atomic mass is 16.7. The van der Waals surface area contributed by atoms with E-state index < -0.39 is 18.0 Å². The molecule has 0 unspecified atom stereocenters. The number of carboxylic acid groups (broad SMARTS) is 1. The molecule has 0 spiro atoms. The van der Waals surface area contributed by atoms with Crippen LogP contribution >= 0.6 is 0 Å². The van der Waals surface area contributed by atoms with E-state index in [2.05, 4.69) is 4.84 Å². The number of hydrogen-bond acceptors (Lipinski definition) is 3. The van der Waals surface area contributed by atoms with Crippen molar-refractivity contribution in [1.29, 1.82) is 0 Å². The van der Waals surface area contributed by atoms with Crippen LogP contribution in [0.15, 0.2) is 0 Å². The molecular formula is C6H12N2O4. The lowest BCUT2D eigenvalue weighted by molar-refractivity contribution is -0.170. The Morgan fingerprint density at radius 1 is 1.58 bits per heavy atom. The van der Waals surface area contributed by atoms with Gasteiger partial charge in [-0.1, -0.05) is 0 Å². The van der Waals surface area contributed by atoms with Crippen molar-refractivity contribution in [3.63, 3.8) is 0 Å². The molecule has 70 valence electrons. The number of nitrogens with zero attached hydrogens (tertiary/aromatic N) is 1. The van der Waals surface area contributed by atoms with Crippen molar-refractivity contribution in [1.82, 2.24) is 10.4 Å². The number of carbonyl (C=O) groups is 2. The summed E-state index contributed by atoms with van der Waals surface area (Å²) in [6.07, 6.45) is -1.24. The molecule has 0 aromatic rings. The minimum atomic E-state index is -1.24. The van der Waals surface area contributed by atoms with Gasteiger partial charge in [-0.3, -0.25) is 9.63 Å². The molecule has 0 bridgehead atoms. The second kappa shape index (κ2) is 4.55. The summed E-state index contributed by atoms with van der Waals surface area (Å²) in [4.78, 5) is 25.8. The molecule has 1 atom stereocenters. The fourth-order valence-corrected chi connectivity index (χ4v) is 0.610. The molecule has 12 heavy (non-hydrogen) atoms. The Kier molecular flexibility index (Phi) is 4.06. The lowest BCUT2D eigenvalue weighted by Crippen LogP contribution is -2.44. The van der Waals surface area contributed by atoms with Crippen LogP contribution in [0.25, 0.3) is 0 Å². The van der Waals surface area contributed by atoms with Crippen molar-refractivity contribution in [2.24, 2.45) is 0 Å². The molecular weight excluding hydrogens is 164 g/mol. The van der Waals surface area contributed by atoms with Crippen LogP contribution in [-0.2, 0) is 9.63 Å². The van der Waals surface area contributed by atoms with Crippen molar-refractivity contribution in [3.8, 4) is 0 Å². The first-order chi connectivity index (χ1) is 5.49. The van der Waals surface area contributed by atoms with Gasteiger partial charge in [-0.25, -0.2) is 9.86 Å². The zero-order valence-corrected chi connectivity index (χ0v) is 7.20. The molecule has 0 aliphatic carbocycles. The number of likely N-dealkylation sites (N-methyl/N-ethyl adjacent to an activating group) is 1. The molecule has 6 nitrogen and oxygen atoms in total. The third-order valence-electron chi connectivity index (χ3n) is 1.29. The monoisotopic (exact) mass is 176 g/mol. The van der Waals surface area contributed by atoms with Crippen LogP contribution in [0.1, 0.15) is 6.92 Å². The third kappa shape index (κ3) is 3.20. The number of amides is 2. The Morgan fingerprint density at radius 2 is 2.08 bits per heavy atom. The van der Waals surface area contributed by atoms with Crippen LogP contribution in [-0.4, -0.2) is 42.4 Å². The summed E-state index contributed by atoms with van der Waals surface area (Å²) in [6, 6.07) is -0.799. The topological polar surface area (TPSA) is 78.9 Å². The fourth-order valence-electron chi connectivity index (χ4n) is 0.610. The van der Waals surface area contributed by atoms with Gasteiger partial charge in [0.1, 0.15) is 6.04 Å². The maximum Gasteiger partial charge on any atom is 0.405 e. The summed E-state index contributed by atoms with van der Waals surface area (Å²) in [7, 11) is 2.73. The second-order valence-electron chi connectivity index (χ2n) is 2.19. The number of carbonyl (C=O) groups excluding carboxylic acids is 1. The number of hydrogen-bond donors (Lipinski definition) is 2. The van der Waals surface area contributed by atoms with E-state index in [4.69, 9.17) is 5.11 Å². The molecule has 2 N–H and O–H groups in total. The summed E-state index contributed by atoms with van der Waals surface area (Å²) >= 11 is 0. The first-order valence-corrected chi connectivity index (χ1v) is 3.30. The quantitative estimate of drug-likeness (QED) is 0.577. The van der Waals surface area contributed by atoms with Gasteiger partial charge in [0.25, 0.3) is 5.91 Å². The highest BCUT2D eigenvalue weighted by molar-refractivity contribution is 5.83. The molecule has 0 aromatic carbocycles. The first-order valence-electron chi connectivity index (χ1n) is 3.30. The zero-order valence-electron chi connectivity index (χ0n) is 7.20. The summed E-state index contributed by atoms with van der Waals surface area (Å²) < 4.78 is 0. The fraction of sp³-hybridized carbons (Fsp3) is 0.667. The van der Waals surface area contributed by atoms with Gasteiger partial charge < -0.3 is 10.4 Å². The van der Waals surface area contributed by atoms with E-state index in [0.717, 1.165) is 5.06 Å². The smallest absolute Gasteiger partial charge is 0.405 e. The third-order valence-corrected chi connectivity index (χ3v) is 1.29. The van der Waals surface area contributed by atoms with Gasteiger partial charge in [0.2, 0.25) is 0 Å². The van der Waals surface area contributed by atoms with E-state index in [1.807, 2.05) is 5.32 Å². The van der Waals surface area contributed by atoms with E-state index in [1.54, 1.807) is 0 Å². The predicted octanol–water partition coefficient (Wildman–Crippen LogP) is -0.338. The van der Waals surface area contributed by atoms with E-state index in [1.165, 1.54) is 21.1 Å². The average molecular weight is 176 g/mol. The number of rotatable bonds is 3. The average Bonchev–Trinajstić information content (AvgIpc) is 2.00. The Morgan fingerprint density at radius 3 is 2.42 bits per heavy atom. The largest absolute Gasteiger partial charge is 0.465 e.